The second-order valence-corrected chi connectivity index (χ2v) is 6.04. The first-order valence-corrected chi connectivity index (χ1v) is 7.74. The van der Waals surface area contributed by atoms with Gasteiger partial charge in [-0.1, -0.05) is 17.7 Å². The molecule has 0 bridgehead atoms. The topological polar surface area (TPSA) is 47.6 Å². The number of rotatable bonds is 4. The smallest absolute Gasteiger partial charge is 0.238 e. The van der Waals surface area contributed by atoms with Crippen LogP contribution in [0.25, 0.3) is 0 Å². The van der Waals surface area contributed by atoms with E-state index in [1.54, 1.807) is 0 Å². The molecule has 0 aromatic heterocycles. The number of anilines is 1. The third-order valence-corrected chi connectivity index (χ3v) is 4.39. The van der Waals surface area contributed by atoms with Crippen molar-refractivity contribution in [2.75, 3.05) is 51.1 Å². The van der Waals surface area contributed by atoms with E-state index >= 15 is 0 Å². The van der Waals surface area contributed by atoms with Crippen LogP contribution in [0.15, 0.2) is 24.3 Å². The van der Waals surface area contributed by atoms with E-state index in [2.05, 4.69) is 20.4 Å². The van der Waals surface area contributed by atoms with Gasteiger partial charge in [0.05, 0.1) is 6.54 Å². The van der Waals surface area contributed by atoms with E-state index in [9.17, 15) is 4.79 Å². The lowest BCUT2D eigenvalue weighted by Gasteiger charge is -2.43. The summed E-state index contributed by atoms with van der Waals surface area (Å²) < 4.78 is 0. The van der Waals surface area contributed by atoms with Gasteiger partial charge in [-0.3, -0.25) is 14.6 Å². The van der Waals surface area contributed by atoms with E-state index in [0.717, 1.165) is 45.0 Å². The summed E-state index contributed by atoms with van der Waals surface area (Å²) in [6.45, 7) is 8.89. The fourth-order valence-electron chi connectivity index (χ4n) is 2.86. The van der Waals surface area contributed by atoms with Crippen LogP contribution < -0.4 is 10.6 Å². The standard InChI is InChI=1S/C16H24N4O/c1-13-2-4-14(5-3-13)18-16(21)12-19-6-8-20(9-7-19)15-10-17-11-15/h2-5,15,17H,6-12H2,1H3,(H,18,21). The zero-order valence-electron chi connectivity index (χ0n) is 12.6. The van der Waals surface area contributed by atoms with Crippen molar-refractivity contribution in [2.45, 2.75) is 13.0 Å². The van der Waals surface area contributed by atoms with E-state index in [0.29, 0.717) is 12.6 Å². The zero-order chi connectivity index (χ0) is 14.7. The zero-order valence-corrected chi connectivity index (χ0v) is 12.6. The number of hydrogen-bond donors (Lipinski definition) is 2. The molecule has 2 N–H and O–H groups in total. The molecule has 2 heterocycles. The van der Waals surface area contributed by atoms with Crippen molar-refractivity contribution in [1.29, 1.82) is 0 Å². The molecule has 1 aromatic carbocycles. The molecule has 3 rings (SSSR count). The van der Waals surface area contributed by atoms with Crippen LogP contribution in [0, 0.1) is 6.92 Å². The van der Waals surface area contributed by atoms with Crippen LogP contribution in [0.4, 0.5) is 5.69 Å². The fraction of sp³-hybridized carbons (Fsp3) is 0.562. The normalized spacial score (nSPS) is 21.0. The number of amides is 1. The summed E-state index contributed by atoms with van der Waals surface area (Å²) in [5, 5.41) is 6.28. The Hall–Kier alpha value is -1.43. The summed E-state index contributed by atoms with van der Waals surface area (Å²) >= 11 is 0. The summed E-state index contributed by atoms with van der Waals surface area (Å²) in [4.78, 5) is 16.8. The molecule has 2 aliphatic heterocycles. The molecule has 2 saturated heterocycles. The predicted octanol–water partition coefficient (Wildman–Crippen LogP) is 0.523. The Labute approximate surface area is 126 Å². The Balaban J connectivity index is 1.42. The van der Waals surface area contributed by atoms with Gasteiger partial charge in [0.15, 0.2) is 0 Å². The van der Waals surface area contributed by atoms with Crippen LogP contribution in [0.1, 0.15) is 5.56 Å². The van der Waals surface area contributed by atoms with Crippen molar-refractivity contribution in [2.24, 2.45) is 0 Å². The van der Waals surface area contributed by atoms with Crippen molar-refractivity contribution < 1.29 is 4.79 Å². The summed E-state index contributed by atoms with van der Waals surface area (Å²) in [7, 11) is 0. The number of hydrogen-bond acceptors (Lipinski definition) is 4. The molecule has 5 nitrogen and oxygen atoms in total. The molecule has 1 amide bonds. The van der Waals surface area contributed by atoms with Crippen LogP contribution in [0.3, 0.4) is 0 Å². The number of piperazine rings is 1. The van der Waals surface area contributed by atoms with E-state index in [1.807, 2.05) is 31.2 Å². The summed E-state index contributed by atoms with van der Waals surface area (Å²) in [6, 6.07) is 8.65. The van der Waals surface area contributed by atoms with Crippen molar-refractivity contribution >= 4 is 11.6 Å². The Bertz CT molecular complexity index is 476. The lowest BCUT2D eigenvalue weighted by atomic mass is 10.1. The van der Waals surface area contributed by atoms with E-state index < -0.39 is 0 Å². The van der Waals surface area contributed by atoms with Gasteiger partial charge in [-0.05, 0) is 19.1 Å². The maximum absolute atomic E-state index is 12.1. The van der Waals surface area contributed by atoms with Gasteiger partial charge in [0.2, 0.25) is 5.91 Å². The fourth-order valence-corrected chi connectivity index (χ4v) is 2.86. The molecule has 2 aliphatic rings. The summed E-state index contributed by atoms with van der Waals surface area (Å²) in [5.74, 6) is 0.0811. The minimum Gasteiger partial charge on any atom is -0.325 e. The number of carbonyl (C=O) groups is 1. The second kappa shape index (κ2) is 6.56. The molecule has 0 radical (unpaired) electrons. The van der Waals surface area contributed by atoms with Gasteiger partial charge in [0, 0.05) is 51.0 Å². The second-order valence-electron chi connectivity index (χ2n) is 6.04. The minimum atomic E-state index is 0.0811. The van der Waals surface area contributed by atoms with Gasteiger partial charge >= 0.3 is 0 Å². The first-order valence-electron chi connectivity index (χ1n) is 7.74. The average Bonchev–Trinajstić information content (AvgIpc) is 2.42. The van der Waals surface area contributed by atoms with Gasteiger partial charge < -0.3 is 10.6 Å². The van der Waals surface area contributed by atoms with Gasteiger partial charge in [-0.15, -0.1) is 0 Å². The quantitative estimate of drug-likeness (QED) is 0.848. The molecule has 21 heavy (non-hydrogen) atoms. The third-order valence-electron chi connectivity index (χ3n) is 4.39. The first kappa shape index (κ1) is 14.5. The average molecular weight is 288 g/mol. The van der Waals surface area contributed by atoms with Crippen LogP contribution in [-0.4, -0.2) is 67.6 Å². The molecule has 0 atom stereocenters. The van der Waals surface area contributed by atoms with Gasteiger partial charge in [-0.2, -0.15) is 0 Å². The van der Waals surface area contributed by atoms with Crippen molar-refractivity contribution in [1.82, 2.24) is 15.1 Å². The van der Waals surface area contributed by atoms with Crippen LogP contribution >= 0.6 is 0 Å². The number of aryl methyl sites for hydroxylation is 1. The van der Waals surface area contributed by atoms with Gasteiger partial charge in [0.1, 0.15) is 0 Å². The number of benzene rings is 1. The maximum Gasteiger partial charge on any atom is 0.238 e. The van der Waals surface area contributed by atoms with E-state index in [1.165, 1.54) is 5.56 Å². The number of carbonyl (C=O) groups excluding carboxylic acids is 1. The highest BCUT2D eigenvalue weighted by atomic mass is 16.2. The molecule has 0 saturated carbocycles. The Morgan fingerprint density at radius 3 is 2.43 bits per heavy atom. The Kier molecular flexibility index (Phi) is 4.53. The Morgan fingerprint density at radius 2 is 1.86 bits per heavy atom. The summed E-state index contributed by atoms with van der Waals surface area (Å²) in [5.41, 5.74) is 2.08. The molecule has 0 spiro atoms. The SMILES string of the molecule is Cc1ccc(NC(=O)CN2CCN(C3CNC3)CC2)cc1. The lowest BCUT2D eigenvalue weighted by Crippen LogP contribution is -2.61. The number of nitrogens with zero attached hydrogens (tertiary/aromatic N) is 2. The van der Waals surface area contributed by atoms with Crippen molar-refractivity contribution in [3.8, 4) is 0 Å². The van der Waals surface area contributed by atoms with Gasteiger partial charge in [0.25, 0.3) is 0 Å². The number of nitrogens with one attached hydrogen (secondary N) is 2. The van der Waals surface area contributed by atoms with Gasteiger partial charge in [-0.25, -0.2) is 0 Å². The Morgan fingerprint density at radius 1 is 1.19 bits per heavy atom. The van der Waals surface area contributed by atoms with E-state index in [4.69, 9.17) is 0 Å². The summed E-state index contributed by atoms with van der Waals surface area (Å²) in [6.07, 6.45) is 0. The molecular weight excluding hydrogens is 264 g/mol. The molecule has 5 heteroatoms. The van der Waals surface area contributed by atoms with E-state index in [-0.39, 0.29) is 5.91 Å². The molecule has 0 aliphatic carbocycles. The highest BCUT2D eigenvalue weighted by Gasteiger charge is 2.28. The van der Waals surface area contributed by atoms with Crippen molar-refractivity contribution in [3.05, 3.63) is 29.8 Å². The molecule has 0 unspecified atom stereocenters. The minimum absolute atomic E-state index is 0.0811. The van der Waals surface area contributed by atoms with Crippen LogP contribution in [0.2, 0.25) is 0 Å². The molecule has 2 fully saturated rings. The third kappa shape index (κ3) is 3.81. The largest absolute Gasteiger partial charge is 0.325 e. The van der Waals surface area contributed by atoms with Crippen molar-refractivity contribution in [3.63, 3.8) is 0 Å². The maximum atomic E-state index is 12.1. The molecular formula is C16H24N4O. The highest BCUT2D eigenvalue weighted by Crippen LogP contribution is 2.11. The first-order chi connectivity index (χ1) is 10.2. The molecule has 1 aromatic rings. The lowest BCUT2D eigenvalue weighted by molar-refractivity contribution is -0.117. The molecule has 114 valence electrons. The van der Waals surface area contributed by atoms with Crippen LogP contribution in [0.5, 0.6) is 0 Å². The monoisotopic (exact) mass is 288 g/mol. The highest BCUT2D eigenvalue weighted by molar-refractivity contribution is 5.92. The van der Waals surface area contributed by atoms with Crippen LogP contribution in [-0.2, 0) is 4.79 Å². The predicted molar refractivity (Wildman–Crippen MR) is 84.5 cm³/mol.